The van der Waals surface area contributed by atoms with Crippen LogP contribution < -0.4 is 10.1 Å². The summed E-state index contributed by atoms with van der Waals surface area (Å²) in [5, 5.41) is 3.08. The maximum absolute atomic E-state index is 13.1. The number of rotatable bonds is 7. The normalized spacial score (nSPS) is 15.1. The quantitative estimate of drug-likeness (QED) is 0.587. The first-order valence-corrected chi connectivity index (χ1v) is 9.30. The van der Waals surface area contributed by atoms with Gasteiger partial charge in [-0.2, -0.15) is 0 Å². The van der Waals surface area contributed by atoms with Gasteiger partial charge in [0.15, 0.2) is 5.78 Å². The number of likely N-dealkylation sites (N-methyl/N-ethyl adjacent to an activating group) is 1. The van der Waals surface area contributed by atoms with Gasteiger partial charge >= 0.3 is 0 Å². The summed E-state index contributed by atoms with van der Waals surface area (Å²) < 4.78 is 5.90. The molecule has 0 aliphatic heterocycles. The number of hydrogen-bond donors (Lipinski definition) is 1. The maximum atomic E-state index is 13.1. The molecule has 0 atom stereocenters. The maximum Gasteiger partial charge on any atom is 0.169 e. The predicted molar refractivity (Wildman–Crippen MR) is 102 cm³/mol. The average molecular weight is 337 g/mol. The van der Waals surface area contributed by atoms with Crippen LogP contribution in [-0.4, -0.2) is 26.0 Å². The highest BCUT2D eigenvalue weighted by atomic mass is 16.5. The van der Waals surface area contributed by atoms with Gasteiger partial charge in [-0.15, -0.1) is 0 Å². The van der Waals surface area contributed by atoms with E-state index < -0.39 is 0 Å². The zero-order valence-corrected chi connectivity index (χ0v) is 15.0. The topological polar surface area (TPSA) is 38.3 Å². The number of Topliss-reactive ketones (excluding diaryl/α,β-unsaturated/α-hetero) is 1. The fourth-order valence-corrected chi connectivity index (χ4v) is 3.51. The predicted octanol–water partition coefficient (Wildman–Crippen LogP) is 4.71. The van der Waals surface area contributed by atoms with Crippen LogP contribution in [0.15, 0.2) is 48.5 Å². The van der Waals surface area contributed by atoms with Gasteiger partial charge in [0.05, 0.1) is 5.56 Å². The second-order valence-corrected chi connectivity index (χ2v) is 6.73. The molecule has 1 aliphatic carbocycles. The van der Waals surface area contributed by atoms with Crippen LogP contribution in [0.5, 0.6) is 5.75 Å². The average Bonchev–Trinajstić information content (AvgIpc) is 2.69. The van der Waals surface area contributed by atoms with Crippen molar-refractivity contribution in [2.75, 3.05) is 20.2 Å². The van der Waals surface area contributed by atoms with Crippen molar-refractivity contribution >= 4 is 5.78 Å². The van der Waals surface area contributed by atoms with E-state index in [0.29, 0.717) is 12.4 Å². The lowest BCUT2D eigenvalue weighted by Crippen LogP contribution is -2.20. The van der Waals surface area contributed by atoms with Crippen LogP contribution in [0.4, 0.5) is 0 Å². The fourth-order valence-electron chi connectivity index (χ4n) is 3.51. The molecule has 1 fully saturated rings. The standard InChI is InChI=1S/C22H27NO2/c1-23-14-15-25-21-13-12-19(17-8-4-2-5-9-17)16-20(21)22(24)18-10-6-3-7-11-18/h2,4-5,8-9,12-13,16,18,23H,3,6-7,10-11,14-15H2,1H3. The van der Waals surface area contributed by atoms with Gasteiger partial charge in [0.25, 0.3) is 0 Å². The Morgan fingerprint density at radius 1 is 1.04 bits per heavy atom. The molecule has 1 saturated carbocycles. The van der Waals surface area contributed by atoms with E-state index in [0.717, 1.165) is 48.9 Å². The molecule has 0 unspecified atom stereocenters. The van der Waals surface area contributed by atoms with Crippen molar-refractivity contribution in [1.82, 2.24) is 5.32 Å². The lowest BCUT2D eigenvalue weighted by atomic mass is 9.83. The van der Waals surface area contributed by atoms with Crippen LogP contribution in [0.3, 0.4) is 0 Å². The summed E-state index contributed by atoms with van der Waals surface area (Å²) in [7, 11) is 1.90. The number of carbonyl (C=O) groups is 1. The molecule has 25 heavy (non-hydrogen) atoms. The molecule has 3 rings (SSSR count). The van der Waals surface area contributed by atoms with Crippen LogP contribution in [0, 0.1) is 5.92 Å². The minimum absolute atomic E-state index is 0.145. The van der Waals surface area contributed by atoms with E-state index in [4.69, 9.17) is 4.74 Å². The van der Waals surface area contributed by atoms with Crippen LogP contribution in [-0.2, 0) is 0 Å². The third kappa shape index (κ3) is 4.49. The SMILES string of the molecule is CNCCOc1ccc(-c2ccccc2)cc1C(=O)C1CCCCC1. The van der Waals surface area contributed by atoms with Crippen LogP contribution in [0.25, 0.3) is 11.1 Å². The van der Waals surface area contributed by atoms with E-state index >= 15 is 0 Å². The van der Waals surface area contributed by atoms with Crippen molar-refractivity contribution in [3.05, 3.63) is 54.1 Å². The molecule has 0 radical (unpaired) electrons. The Balaban J connectivity index is 1.91. The highest BCUT2D eigenvalue weighted by Crippen LogP contribution is 2.33. The number of carbonyl (C=O) groups excluding carboxylic acids is 1. The van der Waals surface area contributed by atoms with Gasteiger partial charge < -0.3 is 10.1 Å². The van der Waals surface area contributed by atoms with E-state index in [1.807, 2.05) is 43.4 Å². The number of ketones is 1. The van der Waals surface area contributed by atoms with Crippen molar-refractivity contribution in [2.24, 2.45) is 5.92 Å². The van der Waals surface area contributed by atoms with Gasteiger partial charge in [0, 0.05) is 12.5 Å². The Hall–Kier alpha value is -2.13. The van der Waals surface area contributed by atoms with E-state index in [-0.39, 0.29) is 11.7 Å². The van der Waals surface area contributed by atoms with Gasteiger partial charge in [-0.05, 0) is 43.1 Å². The van der Waals surface area contributed by atoms with Crippen LogP contribution >= 0.6 is 0 Å². The number of nitrogens with one attached hydrogen (secondary N) is 1. The highest BCUT2D eigenvalue weighted by Gasteiger charge is 2.25. The van der Waals surface area contributed by atoms with Gasteiger partial charge in [0.1, 0.15) is 12.4 Å². The van der Waals surface area contributed by atoms with E-state index in [1.54, 1.807) is 0 Å². The molecule has 0 spiro atoms. The molecule has 0 saturated heterocycles. The summed E-state index contributed by atoms with van der Waals surface area (Å²) in [5.41, 5.74) is 2.94. The third-order valence-corrected chi connectivity index (χ3v) is 4.94. The number of hydrogen-bond acceptors (Lipinski definition) is 3. The Kier molecular flexibility index (Phi) is 6.24. The third-order valence-electron chi connectivity index (χ3n) is 4.94. The van der Waals surface area contributed by atoms with Gasteiger partial charge in [-0.3, -0.25) is 4.79 Å². The fraction of sp³-hybridized carbons (Fsp3) is 0.409. The van der Waals surface area contributed by atoms with Gasteiger partial charge in [0.2, 0.25) is 0 Å². The Morgan fingerprint density at radius 3 is 2.52 bits per heavy atom. The van der Waals surface area contributed by atoms with Crippen LogP contribution in [0.2, 0.25) is 0 Å². The lowest BCUT2D eigenvalue weighted by Gasteiger charge is -2.22. The molecule has 3 heteroatoms. The van der Waals surface area contributed by atoms with Crippen molar-refractivity contribution in [2.45, 2.75) is 32.1 Å². The molecule has 1 N–H and O–H groups in total. The molecular formula is C22H27NO2. The summed E-state index contributed by atoms with van der Waals surface area (Å²) in [4.78, 5) is 13.1. The zero-order valence-electron chi connectivity index (χ0n) is 15.0. The Bertz CT molecular complexity index is 690. The lowest BCUT2D eigenvalue weighted by molar-refractivity contribution is 0.0885. The summed E-state index contributed by atoms with van der Waals surface area (Å²) in [6, 6.07) is 16.2. The molecule has 132 valence electrons. The van der Waals surface area contributed by atoms with Gasteiger partial charge in [-0.25, -0.2) is 0 Å². The molecule has 1 aliphatic rings. The molecule has 0 heterocycles. The summed E-state index contributed by atoms with van der Waals surface area (Å²) in [5.74, 6) is 1.11. The Morgan fingerprint density at radius 2 is 1.80 bits per heavy atom. The molecule has 0 aromatic heterocycles. The zero-order chi connectivity index (χ0) is 17.5. The van der Waals surface area contributed by atoms with Gasteiger partial charge in [-0.1, -0.05) is 55.7 Å². The number of ether oxygens (including phenoxy) is 1. The first kappa shape index (κ1) is 17.7. The molecule has 0 bridgehead atoms. The monoisotopic (exact) mass is 337 g/mol. The van der Waals surface area contributed by atoms with Crippen molar-refractivity contribution < 1.29 is 9.53 Å². The van der Waals surface area contributed by atoms with E-state index in [2.05, 4.69) is 17.4 Å². The summed E-state index contributed by atoms with van der Waals surface area (Å²) >= 11 is 0. The molecule has 0 amide bonds. The van der Waals surface area contributed by atoms with Crippen LogP contribution in [0.1, 0.15) is 42.5 Å². The smallest absolute Gasteiger partial charge is 0.169 e. The minimum atomic E-state index is 0.145. The molecule has 3 nitrogen and oxygen atoms in total. The van der Waals surface area contributed by atoms with Crippen molar-refractivity contribution in [1.29, 1.82) is 0 Å². The minimum Gasteiger partial charge on any atom is -0.492 e. The summed E-state index contributed by atoms with van der Waals surface area (Å²) in [6.45, 7) is 1.32. The first-order chi connectivity index (χ1) is 12.3. The molecular weight excluding hydrogens is 310 g/mol. The Labute approximate surface area is 150 Å². The first-order valence-electron chi connectivity index (χ1n) is 9.30. The van der Waals surface area contributed by atoms with Crippen molar-refractivity contribution in [3.63, 3.8) is 0 Å². The van der Waals surface area contributed by atoms with Crippen molar-refractivity contribution in [3.8, 4) is 16.9 Å². The van der Waals surface area contributed by atoms with E-state index in [1.165, 1.54) is 6.42 Å². The second-order valence-electron chi connectivity index (χ2n) is 6.73. The molecule has 2 aromatic carbocycles. The highest BCUT2D eigenvalue weighted by molar-refractivity contribution is 6.01. The largest absolute Gasteiger partial charge is 0.492 e. The number of benzene rings is 2. The summed E-state index contributed by atoms with van der Waals surface area (Å²) in [6.07, 6.45) is 5.57. The molecule has 2 aromatic rings. The van der Waals surface area contributed by atoms with E-state index in [9.17, 15) is 4.79 Å². The second kappa shape index (κ2) is 8.82.